The van der Waals surface area contributed by atoms with Crippen molar-refractivity contribution in [2.75, 3.05) is 13.6 Å². The maximum Gasteiger partial charge on any atom is 0.0455 e. The van der Waals surface area contributed by atoms with Gasteiger partial charge in [-0.25, -0.2) is 0 Å². The number of rotatable bonds is 1. The van der Waals surface area contributed by atoms with E-state index >= 15 is 0 Å². The number of pyridine rings is 1. The van der Waals surface area contributed by atoms with Gasteiger partial charge in [0.15, 0.2) is 0 Å². The van der Waals surface area contributed by atoms with Gasteiger partial charge in [-0.15, -0.1) is 0 Å². The van der Waals surface area contributed by atoms with Crippen molar-refractivity contribution in [3.63, 3.8) is 0 Å². The molecule has 1 saturated heterocycles. The molecule has 1 radical (unpaired) electrons. The first-order chi connectivity index (χ1) is 6.29. The highest BCUT2D eigenvalue weighted by atomic mass is 15.1. The maximum atomic E-state index is 4.22. The molecule has 1 aromatic heterocycles. The lowest BCUT2D eigenvalue weighted by Gasteiger charge is -2.20. The van der Waals surface area contributed by atoms with Crippen LogP contribution in [0.2, 0.25) is 0 Å². The summed E-state index contributed by atoms with van der Waals surface area (Å²) in [6, 6.07) is 4.68. The maximum absolute atomic E-state index is 4.22. The Morgan fingerprint density at radius 1 is 1.62 bits per heavy atom. The van der Waals surface area contributed by atoms with Crippen molar-refractivity contribution in [2.45, 2.75) is 18.9 Å². The van der Waals surface area contributed by atoms with Crippen LogP contribution in [0, 0.1) is 6.92 Å². The van der Waals surface area contributed by atoms with Crippen LogP contribution < -0.4 is 0 Å². The Morgan fingerprint density at radius 2 is 2.46 bits per heavy atom. The van der Waals surface area contributed by atoms with Crippen LogP contribution in [-0.4, -0.2) is 23.5 Å². The van der Waals surface area contributed by atoms with Crippen LogP contribution in [0.15, 0.2) is 18.3 Å². The fourth-order valence-electron chi connectivity index (χ4n) is 2.06. The molecule has 69 valence electrons. The molecule has 1 aliphatic rings. The molecule has 13 heavy (non-hydrogen) atoms. The van der Waals surface area contributed by atoms with Gasteiger partial charge in [-0.05, 0) is 45.0 Å². The summed E-state index contributed by atoms with van der Waals surface area (Å²) in [5, 5.41) is 0. The first-order valence-electron chi connectivity index (χ1n) is 4.76. The normalized spacial score (nSPS) is 23.7. The molecule has 0 aromatic carbocycles. The van der Waals surface area contributed by atoms with E-state index in [-0.39, 0.29) is 0 Å². The van der Waals surface area contributed by atoms with Crippen molar-refractivity contribution in [1.82, 2.24) is 9.88 Å². The highest BCUT2D eigenvalue weighted by Gasteiger charge is 2.23. The minimum absolute atomic E-state index is 0.543. The molecule has 0 unspecified atom stereocenters. The number of likely N-dealkylation sites (tertiary alicyclic amines) is 1. The lowest BCUT2D eigenvalue weighted by atomic mass is 10.0. The van der Waals surface area contributed by atoms with Crippen LogP contribution in [0.5, 0.6) is 0 Å². The summed E-state index contributed by atoms with van der Waals surface area (Å²) < 4.78 is 0. The van der Waals surface area contributed by atoms with Crippen molar-refractivity contribution >= 4 is 0 Å². The van der Waals surface area contributed by atoms with Crippen LogP contribution in [0.1, 0.15) is 30.1 Å². The molecule has 1 aromatic rings. The van der Waals surface area contributed by atoms with Crippen LogP contribution in [-0.2, 0) is 0 Å². The minimum atomic E-state index is 0.543. The number of aromatic nitrogens is 1. The van der Waals surface area contributed by atoms with E-state index in [4.69, 9.17) is 0 Å². The average Bonchev–Trinajstić information content (AvgIpc) is 2.52. The zero-order chi connectivity index (χ0) is 9.26. The van der Waals surface area contributed by atoms with Gasteiger partial charge in [0.1, 0.15) is 0 Å². The number of hydrogen-bond acceptors (Lipinski definition) is 2. The van der Waals surface area contributed by atoms with E-state index in [1.807, 2.05) is 6.07 Å². The third kappa shape index (κ3) is 1.59. The van der Waals surface area contributed by atoms with Gasteiger partial charge in [-0.2, -0.15) is 0 Å². The quantitative estimate of drug-likeness (QED) is 0.649. The molecule has 1 fully saturated rings. The van der Waals surface area contributed by atoms with E-state index in [2.05, 4.69) is 29.9 Å². The Bertz CT molecular complexity index is 296. The van der Waals surface area contributed by atoms with Gasteiger partial charge in [0, 0.05) is 17.9 Å². The Labute approximate surface area is 79.6 Å². The summed E-state index contributed by atoms with van der Waals surface area (Å²) in [6.45, 7) is 5.16. The summed E-state index contributed by atoms with van der Waals surface area (Å²) in [5.41, 5.74) is 2.23. The molecule has 1 atom stereocenters. The Morgan fingerprint density at radius 3 is 3.08 bits per heavy atom. The van der Waals surface area contributed by atoms with Crippen molar-refractivity contribution in [3.05, 3.63) is 36.5 Å². The molecule has 0 amide bonds. The smallest absolute Gasteiger partial charge is 0.0455 e. The van der Waals surface area contributed by atoms with E-state index in [1.165, 1.54) is 24.9 Å². The molecule has 0 saturated carbocycles. The van der Waals surface area contributed by atoms with Crippen LogP contribution in [0.4, 0.5) is 0 Å². The van der Waals surface area contributed by atoms with Crippen LogP contribution in [0.3, 0.4) is 0 Å². The molecule has 2 heterocycles. The predicted octanol–water partition coefficient (Wildman–Crippen LogP) is 2.03. The van der Waals surface area contributed by atoms with E-state index in [9.17, 15) is 0 Å². The van der Waals surface area contributed by atoms with Gasteiger partial charge in [-0.1, -0.05) is 6.07 Å². The fraction of sp³-hybridized carbons (Fsp3) is 0.455. The van der Waals surface area contributed by atoms with E-state index < -0.39 is 0 Å². The molecule has 2 rings (SSSR count). The third-order valence-electron chi connectivity index (χ3n) is 2.80. The molecule has 0 N–H and O–H groups in total. The summed E-state index contributed by atoms with van der Waals surface area (Å²) in [5.74, 6) is 0. The van der Waals surface area contributed by atoms with Crippen molar-refractivity contribution in [3.8, 4) is 0 Å². The second kappa shape index (κ2) is 3.46. The predicted molar refractivity (Wildman–Crippen MR) is 53.3 cm³/mol. The lowest BCUT2D eigenvalue weighted by Crippen LogP contribution is -2.18. The number of hydrogen-bond donors (Lipinski definition) is 0. The van der Waals surface area contributed by atoms with E-state index in [0.29, 0.717) is 6.04 Å². The van der Waals surface area contributed by atoms with Crippen molar-refractivity contribution in [1.29, 1.82) is 0 Å². The molecule has 2 nitrogen and oxygen atoms in total. The summed E-state index contributed by atoms with van der Waals surface area (Å²) in [4.78, 5) is 6.60. The van der Waals surface area contributed by atoms with Gasteiger partial charge < -0.3 is 0 Å². The highest BCUT2D eigenvalue weighted by Crippen LogP contribution is 2.31. The van der Waals surface area contributed by atoms with E-state index in [1.54, 1.807) is 6.20 Å². The first-order valence-corrected chi connectivity index (χ1v) is 4.76. The zero-order valence-corrected chi connectivity index (χ0v) is 8.03. The molecular weight excluding hydrogens is 160 g/mol. The highest BCUT2D eigenvalue weighted by molar-refractivity contribution is 5.26. The molecule has 0 bridgehead atoms. The minimum Gasteiger partial charge on any atom is -0.299 e. The lowest BCUT2D eigenvalue weighted by molar-refractivity contribution is 0.316. The molecular formula is C11H15N2. The molecule has 2 heteroatoms. The fourth-order valence-corrected chi connectivity index (χ4v) is 2.06. The Balaban J connectivity index is 2.29. The van der Waals surface area contributed by atoms with Gasteiger partial charge in [-0.3, -0.25) is 9.88 Å². The monoisotopic (exact) mass is 175 g/mol. The molecule has 1 aliphatic heterocycles. The van der Waals surface area contributed by atoms with Crippen LogP contribution in [0.25, 0.3) is 0 Å². The molecule has 0 spiro atoms. The molecule has 0 aliphatic carbocycles. The standard InChI is InChI=1S/C11H15N2/c1-9-10(5-3-7-12-9)11-6-4-8-13(11)2/h3,5,7,11H,1,4,6,8H2,2H3/t11-/m0/s1. The van der Waals surface area contributed by atoms with Crippen LogP contribution >= 0.6 is 0 Å². The van der Waals surface area contributed by atoms with Crippen molar-refractivity contribution < 1.29 is 0 Å². The third-order valence-corrected chi connectivity index (χ3v) is 2.80. The van der Waals surface area contributed by atoms with E-state index in [0.717, 1.165) is 5.69 Å². The first kappa shape index (κ1) is 8.70. The summed E-state index contributed by atoms with van der Waals surface area (Å²) >= 11 is 0. The number of nitrogens with zero attached hydrogens (tertiary/aromatic N) is 2. The summed E-state index contributed by atoms with van der Waals surface area (Å²) in [6.07, 6.45) is 4.33. The summed E-state index contributed by atoms with van der Waals surface area (Å²) in [7, 11) is 2.17. The zero-order valence-electron chi connectivity index (χ0n) is 8.03. The topological polar surface area (TPSA) is 16.1 Å². The van der Waals surface area contributed by atoms with Gasteiger partial charge >= 0.3 is 0 Å². The van der Waals surface area contributed by atoms with Gasteiger partial charge in [0.05, 0.1) is 0 Å². The Kier molecular flexibility index (Phi) is 2.32. The van der Waals surface area contributed by atoms with Crippen molar-refractivity contribution in [2.24, 2.45) is 0 Å². The Hall–Kier alpha value is -0.890. The largest absolute Gasteiger partial charge is 0.299 e. The van der Waals surface area contributed by atoms with Gasteiger partial charge in [0.2, 0.25) is 0 Å². The SMILES string of the molecule is [CH2]c1ncccc1[C@@H]1CCCN1C. The second-order valence-corrected chi connectivity index (χ2v) is 3.68. The average molecular weight is 175 g/mol. The second-order valence-electron chi connectivity index (χ2n) is 3.68. The van der Waals surface area contributed by atoms with Gasteiger partial charge in [0.25, 0.3) is 0 Å².